The summed E-state index contributed by atoms with van der Waals surface area (Å²) in [4.78, 5) is 2.65. The van der Waals surface area contributed by atoms with Gasteiger partial charge in [0.2, 0.25) is 0 Å². The van der Waals surface area contributed by atoms with Crippen LogP contribution in [-0.2, 0) is 4.74 Å². The fourth-order valence-electron chi connectivity index (χ4n) is 2.91. The van der Waals surface area contributed by atoms with E-state index in [1.165, 1.54) is 19.4 Å². The van der Waals surface area contributed by atoms with Gasteiger partial charge in [-0.3, -0.25) is 4.90 Å². The second-order valence-electron chi connectivity index (χ2n) is 5.86. The Morgan fingerprint density at radius 2 is 2.12 bits per heavy atom. The first-order valence-corrected chi connectivity index (χ1v) is 7.27. The Bertz CT molecular complexity index is 228. The highest BCUT2D eigenvalue weighted by atomic mass is 16.5. The second kappa shape index (κ2) is 6.17. The SMILES string of the molecule is CCOCCN1CC(C2CC2)NCC1C(C)C. The van der Waals surface area contributed by atoms with Gasteiger partial charge in [0.25, 0.3) is 0 Å². The van der Waals surface area contributed by atoms with Crippen LogP contribution < -0.4 is 5.32 Å². The topological polar surface area (TPSA) is 24.5 Å². The van der Waals surface area contributed by atoms with Crippen molar-refractivity contribution >= 4 is 0 Å². The molecule has 0 spiro atoms. The standard InChI is InChI=1S/C14H28N2O/c1-4-17-8-7-16-10-13(12-5-6-12)15-9-14(16)11(2)3/h11-15H,4-10H2,1-3H3. The zero-order chi connectivity index (χ0) is 12.3. The molecule has 2 fully saturated rings. The minimum Gasteiger partial charge on any atom is -0.380 e. The normalized spacial score (nSPS) is 31.1. The monoisotopic (exact) mass is 240 g/mol. The minimum atomic E-state index is 0.686. The lowest BCUT2D eigenvalue weighted by Gasteiger charge is -2.42. The first kappa shape index (κ1) is 13.3. The summed E-state index contributed by atoms with van der Waals surface area (Å²) in [5.41, 5.74) is 0. The molecule has 0 aromatic rings. The molecule has 1 aliphatic carbocycles. The molecule has 1 aliphatic heterocycles. The third-order valence-corrected chi connectivity index (χ3v) is 4.18. The van der Waals surface area contributed by atoms with Gasteiger partial charge in [-0.2, -0.15) is 0 Å². The lowest BCUT2D eigenvalue weighted by atomic mass is 9.97. The van der Waals surface area contributed by atoms with Crippen LogP contribution in [0.1, 0.15) is 33.6 Å². The van der Waals surface area contributed by atoms with Crippen molar-refractivity contribution in [1.82, 2.24) is 10.2 Å². The van der Waals surface area contributed by atoms with Crippen LogP contribution in [0, 0.1) is 11.8 Å². The van der Waals surface area contributed by atoms with E-state index in [0.29, 0.717) is 6.04 Å². The highest BCUT2D eigenvalue weighted by molar-refractivity contribution is 4.95. The van der Waals surface area contributed by atoms with Crippen molar-refractivity contribution in [2.24, 2.45) is 11.8 Å². The number of ether oxygens (including phenoxy) is 1. The van der Waals surface area contributed by atoms with Crippen LogP contribution in [0.4, 0.5) is 0 Å². The minimum absolute atomic E-state index is 0.686. The molecule has 0 aromatic heterocycles. The van der Waals surface area contributed by atoms with Crippen molar-refractivity contribution in [2.75, 3.05) is 32.8 Å². The van der Waals surface area contributed by atoms with Gasteiger partial charge in [-0.1, -0.05) is 13.8 Å². The molecule has 3 nitrogen and oxygen atoms in total. The van der Waals surface area contributed by atoms with Crippen molar-refractivity contribution in [3.8, 4) is 0 Å². The van der Waals surface area contributed by atoms with E-state index in [2.05, 4.69) is 31.0 Å². The molecular weight excluding hydrogens is 212 g/mol. The van der Waals surface area contributed by atoms with E-state index in [1.807, 2.05) is 0 Å². The molecule has 1 saturated heterocycles. The van der Waals surface area contributed by atoms with Crippen LogP contribution in [0.2, 0.25) is 0 Å². The molecule has 1 saturated carbocycles. The average Bonchev–Trinajstić information content (AvgIpc) is 3.13. The fraction of sp³-hybridized carbons (Fsp3) is 1.00. The van der Waals surface area contributed by atoms with E-state index in [0.717, 1.165) is 44.2 Å². The molecule has 1 N–H and O–H groups in total. The average molecular weight is 240 g/mol. The molecule has 2 aliphatic rings. The number of hydrogen-bond acceptors (Lipinski definition) is 3. The van der Waals surface area contributed by atoms with E-state index in [1.54, 1.807) is 0 Å². The maximum absolute atomic E-state index is 5.51. The zero-order valence-electron chi connectivity index (χ0n) is 11.6. The van der Waals surface area contributed by atoms with Gasteiger partial charge in [0.1, 0.15) is 0 Å². The van der Waals surface area contributed by atoms with E-state index < -0.39 is 0 Å². The molecule has 17 heavy (non-hydrogen) atoms. The van der Waals surface area contributed by atoms with Crippen molar-refractivity contribution in [3.63, 3.8) is 0 Å². The predicted octanol–water partition coefficient (Wildman–Crippen LogP) is 1.73. The van der Waals surface area contributed by atoms with Crippen molar-refractivity contribution in [3.05, 3.63) is 0 Å². The zero-order valence-corrected chi connectivity index (χ0v) is 11.6. The smallest absolute Gasteiger partial charge is 0.0593 e. The summed E-state index contributed by atoms with van der Waals surface area (Å²) in [6.45, 7) is 11.9. The van der Waals surface area contributed by atoms with E-state index in [4.69, 9.17) is 4.74 Å². The van der Waals surface area contributed by atoms with Gasteiger partial charge in [-0.15, -0.1) is 0 Å². The van der Waals surface area contributed by atoms with E-state index in [9.17, 15) is 0 Å². The summed E-state index contributed by atoms with van der Waals surface area (Å²) < 4.78 is 5.51. The lowest BCUT2D eigenvalue weighted by molar-refractivity contribution is 0.0508. The third-order valence-electron chi connectivity index (χ3n) is 4.18. The molecule has 2 unspecified atom stereocenters. The fourth-order valence-corrected chi connectivity index (χ4v) is 2.91. The number of piperazine rings is 1. The van der Waals surface area contributed by atoms with Crippen LogP contribution >= 0.6 is 0 Å². The van der Waals surface area contributed by atoms with Crippen molar-refractivity contribution in [2.45, 2.75) is 45.7 Å². The van der Waals surface area contributed by atoms with Gasteiger partial charge in [-0.25, -0.2) is 0 Å². The summed E-state index contributed by atoms with van der Waals surface area (Å²) in [5, 5.41) is 3.75. The maximum atomic E-state index is 5.51. The number of nitrogens with zero attached hydrogens (tertiary/aromatic N) is 1. The lowest BCUT2D eigenvalue weighted by Crippen LogP contribution is -2.59. The molecular formula is C14H28N2O. The number of nitrogens with one attached hydrogen (secondary N) is 1. The summed E-state index contributed by atoms with van der Waals surface area (Å²) in [7, 11) is 0. The summed E-state index contributed by atoms with van der Waals surface area (Å²) in [5.74, 6) is 1.68. The molecule has 1 heterocycles. The quantitative estimate of drug-likeness (QED) is 0.716. The summed E-state index contributed by atoms with van der Waals surface area (Å²) >= 11 is 0. The van der Waals surface area contributed by atoms with Crippen LogP contribution in [0.25, 0.3) is 0 Å². The van der Waals surface area contributed by atoms with Crippen LogP contribution in [0.5, 0.6) is 0 Å². The predicted molar refractivity (Wildman–Crippen MR) is 71.2 cm³/mol. The Morgan fingerprint density at radius 3 is 2.71 bits per heavy atom. The molecule has 2 atom stereocenters. The third kappa shape index (κ3) is 3.67. The summed E-state index contributed by atoms with van der Waals surface area (Å²) in [6, 6.07) is 1.43. The highest BCUT2D eigenvalue weighted by Gasteiger charge is 2.37. The van der Waals surface area contributed by atoms with Gasteiger partial charge < -0.3 is 10.1 Å². The summed E-state index contributed by atoms with van der Waals surface area (Å²) in [6.07, 6.45) is 2.87. The van der Waals surface area contributed by atoms with Crippen LogP contribution in [0.3, 0.4) is 0 Å². The van der Waals surface area contributed by atoms with Gasteiger partial charge in [-0.05, 0) is 31.6 Å². The Hall–Kier alpha value is -0.120. The first-order valence-electron chi connectivity index (χ1n) is 7.27. The molecule has 0 aromatic carbocycles. The van der Waals surface area contributed by atoms with E-state index in [-0.39, 0.29) is 0 Å². The molecule has 0 bridgehead atoms. The highest BCUT2D eigenvalue weighted by Crippen LogP contribution is 2.34. The number of rotatable bonds is 6. The molecule has 2 rings (SSSR count). The first-order chi connectivity index (χ1) is 8.22. The Balaban J connectivity index is 1.84. The van der Waals surface area contributed by atoms with Crippen molar-refractivity contribution in [1.29, 1.82) is 0 Å². The Labute approximate surface area is 106 Å². The molecule has 0 radical (unpaired) electrons. The Morgan fingerprint density at radius 1 is 1.35 bits per heavy atom. The van der Waals surface area contributed by atoms with Gasteiger partial charge in [0.05, 0.1) is 6.61 Å². The van der Waals surface area contributed by atoms with Crippen molar-refractivity contribution < 1.29 is 4.74 Å². The maximum Gasteiger partial charge on any atom is 0.0593 e. The van der Waals surface area contributed by atoms with E-state index >= 15 is 0 Å². The molecule has 100 valence electrons. The second-order valence-corrected chi connectivity index (χ2v) is 5.86. The van der Waals surface area contributed by atoms with Gasteiger partial charge >= 0.3 is 0 Å². The number of hydrogen-bond donors (Lipinski definition) is 1. The Kier molecular flexibility index (Phi) is 4.83. The van der Waals surface area contributed by atoms with Gasteiger partial charge in [0, 0.05) is 38.3 Å². The molecule has 3 heteroatoms. The van der Waals surface area contributed by atoms with Gasteiger partial charge in [0.15, 0.2) is 0 Å². The van der Waals surface area contributed by atoms with Crippen LogP contribution in [-0.4, -0.2) is 49.8 Å². The molecule has 0 amide bonds. The van der Waals surface area contributed by atoms with Crippen LogP contribution in [0.15, 0.2) is 0 Å². The largest absolute Gasteiger partial charge is 0.380 e.